The molecule has 0 aliphatic rings. The molecule has 8 heteroatoms. The summed E-state index contributed by atoms with van der Waals surface area (Å²) in [5.74, 6) is -1.13. The van der Waals surface area contributed by atoms with Crippen molar-refractivity contribution < 1.29 is 19.1 Å². The zero-order chi connectivity index (χ0) is 20.5. The van der Waals surface area contributed by atoms with Gasteiger partial charge in [-0.1, -0.05) is 0 Å². The van der Waals surface area contributed by atoms with E-state index < -0.39 is 18.5 Å². The maximum absolute atomic E-state index is 12.3. The minimum absolute atomic E-state index is 0.0575. The second-order valence-corrected chi connectivity index (χ2v) is 6.53. The van der Waals surface area contributed by atoms with Crippen molar-refractivity contribution in [2.45, 2.75) is 18.9 Å². The summed E-state index contributed by atoms with van der Waals surface area (Å²) in [5.41, 5.74) is 1.39. The van der Waals surface area contributed by atoms with Gasteiger partial charge in [-0.25, -0.2) is 9.78 Å². The number of carbonyl (C=O) groups is 3. The Bertz CT molecular complexity index is 836. The molecule has 0 fully saturated rings. The number of benzene rings is 1. The van der Waals surface area contributed by atoms with Gasteiger partial charge >= 0.3 is 5.97 Å². The summed E-state index contributed by atoms with van der Waals surface area (Å²) in [5, 5.41) is 3.18. The van der Waals surface area contributed by atoms with Gasteiger partial charge in [-0.05, 0) is 56.5 Å². The fraction of sp³-hybridized carbons (Fsp3) is 0.300. The third-order valence-electron chi connectivity index (χ3n) is 3.99. The highest BCUT2D eigenvalue weighted by molar-refractivity contribution is 7.98. The molecule has 0 bridgehead atoms. The lowest BCUT2D eigenvalue weighted by Gasteiger charge is -2.18. The fourth-order valence-corrected chi connectivity index (χ4v) is 3.04. The van der Waals surface area contributed by atoms with E-state index in [0.717, 1.165) is 0 Å². The number of hydrogen-bond donors (Lipinski definition) is 1. The van der Waals surface area contributed by atoms with Gasteiger partial charge in [0.15, 0.2) is 6.61 Å². The van der Waals surface area contributed by atoms with Crippen molar-refractivity contribution in [3.05, 3.63) is 53.7 Å². The number of pyridine rings is 1. The van der Waals surface area contributed by atoms with Gasteiger partial charge in [0.05, 0.1) is 5.56 Å². The number of amides is 2. The lowest BCUT2D eigenvalue weighted by atomic mass is 10.2. The number of ether oxygens (including phenoxy) is 1. The minimum Gasteiger partial charge on any atom is -0.452 e. The van der Waals surface area contributed by atoms with E-state index >= 15 is 0 Å². The van der Waals surface area contributed by atoms with Crippen LogP contribution in [0.1, 0.15) is 34.6 Å². The highest BCUT2D eigenvalue weighted by atomic mass is 32.2. The first-order valence-corrected chi connectivity index (χ1v) is 10.1. The number of anilines is 1. The number of carbonyl (C=O) groups excluding carboxylic acids is 3. The van der Waals surface area contributed by atoms with Gasteiger partial charge < -0.3 is 15.0 Å². The molecule has 0 aliphatic heterocycles. The van der Waals surface area contributed by atoms with E-state index in [1.165, 1.54) is 11.8 Å². The summed E-state index contributed by atoms with van der Waals surface area (Å²) in [7, 11) is 0. The summed E-state index contributed by atoms with van der Waals surface area (Å²) in [6.07, 6.45) is 3.39. The van der Waals surface area contributed by atoms with E-state index in [4.69, 9.17) is 4.74 Å². The first-order valence-electron chi connectivity index (χ1n) is 8.85. The van der Waals surface area contributed by atoms with Crippen LogP contribution in [0.15, 0.2) is 47.6 Å². The Kier molecular flexibility index (Phi) is 8.01. The van der Waals surface area contributed by atoms with Gasteiger partial charge in [0.1, 0.15) is 5.03 Å². The molecule has 2 amide bonds. The van der Waals surface area contributed by atoms with E-state index in [1.54, 1.807) is 53.8 Å². The minimum atomic E-state index is -0.604. The molecule has 1 N–H and O–H groups in total. The standard InChI is InChI=1S/C20H23N3O4S/c1-4-23(5-2)19(25)14-8-10-15(11-9-14)22-17(24)13-27-20(26)16-7-6-12-21-18(16)28-3/h6-12H,4-5,13H2,1-3H3,(H,22,24). The quantitative estimate of drug-likeness (QED) is 0.540. The first kappa shape index (κ1) is 21.4. The molecule has 1 aromatic heterocycles. The van der Waals surface area contributed by atoms with Crippen molar-refractivity contribution in [1.82, 2.24) is 9.88 Å². The number of nitrogens with zero attached hydrogens (tertiary/aromatic N) is 2. The third kappa shape index (κ3) is 5.56. The van der Waals surface area contributed by atoms with Crippen molar-refractivity contribution in [1.29, 1.82) is 0 Å². The molecule has 0 spiro atoms. The van der Waals surface area contributed by atoms with Crippen LogP contribution in [0.2, 0.25) is 0 Å². The van der Waals surface area contributed by atoms with E-state index in [9.17, 15) is 14.4 Å². The number of nitrogens with one attached hydrogen (secondary N) is 1. The highest BCUT2D eigenvalue weighted by Gasteiger charge is 2.15. The number of esters is 1. The van der Waals surface area contributed by atoms with E-state index in [-0.39, 0.29) is 5.91 Å². The SMILES string of the molecule is CCN(CC)C(=O)c1ccc(NC(=O)COC(=O)c2cccnc2SC)cc1. The number of hydrogen-bond acceptors (Lipinski definition) is 6. The monoisotopic (exact) mass is 401 g/mol. The zero-order valence-corrected chi connectivity index (χ0v) is 16.9. The van der Waals surface area contributed by atoms with Crippen LogP contribution in [0.3, 0.4) is 0 Å². The molecule has 0 saturated carbocycles. The zero-order valence-electron chi connectivity index (χ0n) is 16.1. The molecule has 7 nitrogen and oxygen atoms in total. The van der Waals surface area contributed by atoms with E-state index in [2.05, 4.69) is 10.3 Å². The lowest BCUT2D eigenvalue weighted by Crippen LogP contribution is -2.30. The van der Waals surface area contributed by atoms with Gasteiger partial charge in [0, 0.05) is 30.5 Å². The molecular weight excluding hydrogens is 378 g/mol. The Hall–Kier alpha value is -2.87. The Morgan fingerprint density at radius 3 is 2.39 bits per heavy atom. The molecule has 148 valence electrons. The Morgan fingerprint density at radius 2 is 1.79 bits per heavy atom. The molecule has 0 aliphatic carbocycles. The van der Waals surface area contributed by atoms with Crippen LogP contribution < -0.4 is 5.32 Å². The van der Waals surface area contributed by atoms with Crippen molar-refractivity contribution >= 4 is 35.2 Å². The lowest BCUT2D eigenvalue weighted by molar-refractivity contribution is -0.119. The predicted octanol–water partition coefficient (Wildman–Crippen LogP) is 3.08. The molecule has 2 aromatic rings. The van der Waals surface area contributed by atoms with Crippen LogP contribution in [0.5, 0.6) is 0 Å². The van der Waals surface area contributed by atoms with Crippen LogP contribution in [-0.4, -0.2) is 53.6 Å². The number of rotatable bonds is 8. The molecule has 0 radical (unpaired) electrons. The first-order chi connectivity index (χ1) is 13.5. The smallest absolute Gasteiger partial charge is 0.341 e. The second-order valence-electron chi connectivity index (χ2n) is 5.74. The van der Waals surface area contributed by atoms with Crippen LogP contribution in [0, 0.1) is 0 Å². The molecule has 2 rings (SSSR count). The van der Waals surface area contributed by atoms with Crippen molar-refractivity contribution in [2.75, 3.05) is 31.3 Å². The summed E-state index contributed by atoms with van der Waals surface area (Å²) in [6.45, 7) is 4.69. The summed E-state index contributed by atoms with van der Waals surface area (Å²) < 4.78 is 5.06. The molecular formula is C20H23N3O4S. The Labute approximate surface area is 168 Å². The predicted molar refractivity (Wildman–Crippen MR) is 109 cm³/mol. The average molecular weight is 401 g/mol. The van der Waals surface area contributed by atoms with Crippen molar-refractivity contribution in [3.63, 3.8) is 0 Å². The maximum Gasteiger partial charge on any atom is 0.341 e. The van der Waals surface area contributed by atoms with Gasteiger partial charge in [-0.2, -0.15) is 0 Å². The third-order valence-corrected chi connectivity index (χ3v) is 4.70. The molecule has 1 heterocycles. The summed E-state index contributed by atoms with van der Waals surface area (Å²) in [6, 6.07) is 9.83. The van der Waals surface area contributed by atoms with E-state index in [1.807, 2.05) is 13.8 Å². The molecule has 28 heavy (non-hydrogen) atoms. The maximum atomic E-state index is 12.3. The highest BCUT2D eigenvalue weighted by Crippen LogP contribution is 2.17. The fourth-order valence-electron chi connectivity index (χ4n) is 2.50. The number of thioether (sulfide) groups is 1. The molecule has 1 aromatic carbocycles. The Morgan fingerprint density at radius 1 is 1.11 bits per heavy atom. The summed E-state index contributed by atoms with van der Waals surface area (Å²) >= 11 is 1.33. The van der Waals surface area contributed by atoms with Crippen LogP contribution in [0.25, 0.3) is 0 Å². The van der Waals surface area contributed by atoms with Crippen molar-refractivity contribution in [3.8, 4) is 0 Å². The number of aromatic nitrogens is 1. The summed E-state index contributed by atoms with van der Waals surface area (Å²) in [4.78, 5) is 42.2. The molecule has 0 unspecified atom stereocenters. The average Bonchev–Trinajstić information content (AvgIpc) is 2.73. The topological polar surface area (TPSA) is 88.6 Å². The van der Waals surface area contributed by atoms with Crippen molar-refractivity contribution in [2.24, 2.45) is 0 Å². The van der Waals surface area contributed by atoms with Crippen LogP contribution in [-0.2, 0) is 9.53 Å². The van der Waals surface area contributed by atoms with Gasteiger partial charge in [0.25, 0.3) is 11.8 Å². The van der Waals surface area contributed by atoms with Gasteiger partial charge in [-0.15, -0.1) is 11.8 Å². The van der Waals surface area contributed by atoms with Gasteiger partial charge in [0.2, 0.25) is 0 Å². The van der Waals surface area contributed by atoms with Gasteiger partial charge in [-0.3, -0.25) is 9.59 Å². The van der Waals surface area contributed by atoms with Crippen LogP contribution in [0.4, 0.5) is 5.69 Å². The van der Waals surface area contributed by atoms with E-state index in [0.29, 0.717) is 34.9 Å². The molecule has 0 saturated heterocycles. The normalized spacial score (nSPS) is 10.2. The van der Waals surface area contributed by atoms with Crippen LogP contribution >= 0.6 is 11.8 Å². The largest absolute Gasteiger partial charge is 0.452 e. The molecule has 0 atom stereocenters. The Balaban J connectivity index is 1.91. The second kappa shape index (κ2) is 10.5.